The summed E-state index contributed by atoms with van der Waals surface area (Å²) in [6.45, 7) is 3.55. The normalized spacial score (nSPS) is 10.3. The van der Waals surface area contributed by atoms with Crippen LogP contribution in [-0.2, 0) is 9.47 Å². The minimum absolute atomic E-state index is 0.0759. The Hall–Kier alpha value is -4.18. The molecule has 4 N–H and O–H groups in total. The number of hydrogen-bond donors (Lipinski definition) is 4. The number of carbonyl (C=O) groups is 2. The molecule has 4 rings (SSSR count). The van der Waals surface area contributed by atoms with Crippen molar-refractivity contribution in [1.29, 1.82) is 0 Å². The fourth-order valence-electron chi connectivity index (χ4n) is 3.10. The van der Waals surface area contributed by atoms with Gasteiger partial charge >= 0.3 is 12.1 Å². The van der Waals surface area contributed by atoms with Gasteiger partial charge in [0.1, 0.15) is 17.1 Å². The quantitative estimate of drug-likeness (QED) is 0.268. The van der Waals surface area contributed by atoms with Crippen molar-refractivity contribution in [3.8, 4) is 11.5 Å². The molecule has 0 radical (unpaired) electrons. The molecular weight excluding hydrogens is 470 g/mol. The van der Waals surface area contributed by atoms with Gasteiger partial charge in [-0.25, -0.2) is 14.6 Å². The molecular formula is C25H25N3O6S. The number of H-pyrrole nitrogens is 1. The molecule has 0 saturated carbocycles. The van der Waals surface area contributed by atoms with E-state index in [0.717, 1.165) is 22.0 Å². The fourth-order valence-corrected chi connectivity index (χ4v) is 3.98. The van der Waals surface area contributed by atoms with Crippen molar-refractivity contribution in [3.05, 3.63) is 71.8 Å². The summed E-state index contributed by atoms with van der Waals surface area (Å²) in [5.74, 6) is -0.546. The van der Waals surface area contributed by atoms with E-state index in [0.29, 0.717) is 11.5 Å². The van der Waals surface area contributed by atoms with Crippen LogP contribution in [0.15, 0.2) is 70.5 Å². The van der Waals surface area contributed by atoms with Gasteiger partial charge < -0.3 is 24.7 Å². The van der Waals surface area contributed by atoms with E-state index in [4.69, 9.17) is 9.84 Å². The van der Waals surface area contributed by atoms with Gasteiger partial charge in [-0.2, -0.15) is 0 Å². The molecule has 0 bridgehead atoms. The van der Waals surface area contributed by atoms with Crippen molar-refractivity contribution in [2.75, 3.05) is 19.0 Å². The average molecular weight is 496 g/mol. The van der Waals surface area contributed by atoms with Gasteiger partial charge in [0.2, 0.25) is 5.95 Å². The molecule has 35 heavy (non-hydrogen) atoms. The van der Waals surface area contributed by atoms with Crippen LogP contribution in [0.5, 0.6) is 11.5 Å². The van der Waals surface area contributed by atoms with Crippen molar-refractivity contribution in [2.45, 2.75) is 23.6 Å². The lowest BCUT2D eigenvalue weighted by Gasteiger charge is -2.07. The predicted molar refractivity (Wildman–Crippen MR) is 133 cm³/mol. The first kappa shape index (κ1) is 25.4. The molecule has 182 valence electrons. The maximum atomic E-state index is 11.3. The summed E-state index contributed by atoms with van der Waals surface area (Å²) in [7, 11) is 1.31. The molecule has 0 atom stereocenters. The predicted octanol–water partition coefficient (Wildman–Crippen LogP) is 5.48. The number of aryl methyl sites for hydroxylation is 1. The molecule has 1 aromatic heterocycles. The molecule has 0 aliphatic heterocycles. The Kier molecular flexibility index (Phi) is 8.58. The number of anilines is 1. The molecule has 1 amide bonds. The first-order valence-corrected chi connectivity index (χ1v) is 11.4. The van der Waals surface area contributed by atoms with Crippen molar-refractivity contribution < 1.29 is 29.3 Å². The molecule has 0 aliphatic carbocycles. The number of methoxy groups -OCH3 is 1. The summed E-state index contributed by atoms with van der Waals surface area (Å²) in [5.41, 5.74) is 2.24. The van der Waals surface area contributed by atoms with E-state index in [1.54, 1.807) is 25.6 Å². The zero-order valence-electron chi connectivity index (χ0n) is 19.4. The topological polar surface area (TPSA) is 134 Å². The number of rotatable bonds is 5. The number of amides is 1. The van der Waals surface area contributed by atoms with Gasteiger partial charge in [0.25, 0.3) is 0 Å². The fraction of sp³-hybridized carbons (Fsp3) is 0.160. The summed E-state index contributed by atoms with van der Waals surface area (Å²) in [5, 5.41) is 21.0. The minimum atomic E-state index is -0.581. The second kappa shape index (κ2) is 11.8. The molecule has 0 spiro atoms. The Bertz CT molecular complexity index is 1300. The van der Waals surface area contributed by atoms with Crippen LogP contribution in [0, 0.1) is 6.92 Å². The van der Waals surface area contributed by atoms with E-state index in [-0.39, 0.29) is 23.7 Å². The van der Waals surface area contributed by atoms with Crippen LogP contribution in [0.1, 0.15) is 22.8 Å². The van der Waals surface area contributed by atoms with Crippen molar-refractivity contribution in [3.63, 3.8) is 0 Å². The summed E-state index contributed by atoms with van der Waals surface area (Å²) < 4.78 is 9.29. The van der Waals surface area contributed by atoms with E-state index in [2.05, 4.69) is 32.2 Å². The van der Waals surface area contributed by atoms with E-state index in [1.807, 2.05) is 36.4 Å². The summed E-state index contributed by atoms with van der Waals surface area (Å²) >= 11 is 1.67. The van der Waals surface area contributed by atoms with Gasteiger partial charge in [0.05, 0.1) is 24.8 Å². The number of carbonyl (C=O) groups excluding carboxylic acids is 2. The third-order valence-corrected chi connectivity index (χ3v) is 5.61. The molecule has 0 unspecified atom stereocenters. The highest BCUT2D eigenvalue weighted by molar-refractivity contribution is 7.99. The highest BCUT2D eigenvalue weighted by atomic mass is 32.2. The maximum Gasteiger partial charge on any atom is 0.413 e. The van der Waals surface area contributed by atoms with E-state index >= 15 is 0 Å². The first-order valence-electron chi connectivity index (χ1n) is 10.6. The first-order chi connectivity index (χ1) is 16.8. The zero-order valence-corrected chi connectivity index (χ0v) is 20.2. The van der Waals surface area contributed by atoms with E-state index in [1.165, 1.54) is 18.1 Å². The molecule has 0 saturated heterocycles. The maximum absolute atomic E-state index is 11.3. The number of imidazole rings is 1. The lowest BCUT2D eigenvalue weighted by Crippen LogP contribution is -2.11. The Morgan fingerprint density at radius 3 is 2.46 bits per heavy atom. The molecule has 0 fully saturated rings. The van der Waals surface area contributed by atoms with Crippen molar-refractivity contribution in [2.24, 2.45) is 0 Å². The Labute approximate surface area is 206 Å². The monoisotopic (exact) mass is 495 g/mol. The number of aromatic nitrogens is 2. The van der Waals surface area contributed by atoms with Crippen molar-refractivity contribution >= 4 is 40.8 Å². The van der Waals surface area contributed by atoms with Crippen LogP contribution in [0.25, 0.3) is 11.0 Å². The Morgan fingerprint density at radius 2 is 1.80 bits per heavy atom. The Morgan fingerprint density at radius 1 is 1.06 bits per heavy atom. The molecule has 3 aromatic carbocycles. The zero-order chi connectivity index (χ0) is 25.4. The number of phenolic OH excluding ortho intramolecular Hbond substituents is 2. The van der Waals surface area contributed by atoms with Gasteiger partial charge in [0.15, 0.2) is 0 Å². The summed E-state index contributed by atoms with van der Waals surface area (Å²) in [4.78, 5) is 32.1. The number of aromatic hydroxyl groups is 2. The number of nitrogens with one attached hydrogen (secondary N) is 2. The van der Waals surface area contributed by atoms with Gasteiger partial charge in [-0.1, -0.05) is 30.0 Å². The number of hydrogen-bond acceptors (Lipinski definition) is 8. The summed E-state index contributed by atoms with van der Waals surface area (Å²) in [6.07, 6.45) is -0.548. The van der Waals surface area contributed by atoms with E-state index < -0.39 is 12.1 Å². The molecule has 9 nitrogen and oxygen atoms in total. The third kappa shape index (κ3) is 6.90. The van der Waals surface area contributed by atoms with Crippen LogP contribution in [-0.4, -0.2) is 46.0 Å². The largest absolute Gasteiger partial charge is 0.508 e. The van der Waals surface area contributed by atoms with Gasteiger partial charge in [-0.15, -0.1) is 0 Å². The van der Waals surface area contributed by atoms with Crippen LogP contribution in [0.3, 0.4) is 0 Å². The number of esters is 1. The number of ether oxygens (including phenoxy) is 2. The third-order valence-electron chi connectivity index (χ3n) is 4.62. The highest BCUT2D eigenvalue weighted by Gasteiger charge is 2.16. The van der Waals surface area contributed by atoms with Gasteiger partial charge in [0, 0.05) is 15.9 Å². The number of fused-ring (bicyclic) bond motifs is 1. The summed E-state index contributed by atoms with van der Waals surface area (Å²) in [6, 6.07) is 18.6. The molecule has 1 heterocycles. The smallest absolute Gasteiger partial charge is 0.413 e. The van der Waals surface area contributed by atoms with Crippen LogP contribution >= 0.6 is 11.8 Å². The molecule has 0 aliphatic rings. The number of aromatic amines is 1. The SMILES string of the molecule is CCOC(=O)c1c(C)cc(O)cc1O.COC(=O)Nc1nc2ccc(Sc3ccccc3)cc2[nH]1. The molecule has 4 aromatic rings. The lowest BCUT2D eigenvalue weighted by atomic mass is 10.1. The lowest BCUT2D eigenvalue weighted by molar-refractivity contribution is 0.0522. The van der Waals surface area contributed by atoms with Crippen LogP contribution in [0.2, 0.25) is 0 Å². The highest BCUT2D eigenvalue weighted by Crippen LogP contribution is 2.30. The second-order valence-electron chi connectivity index (χ2n) is 7.17. The van der Waals surface area contributed by atoms with Gasteiger partial charge in [-0.05, 0) is 55.8 Å². The minimum Gasteiger partial charge on any atom is -0.508 e. The van der Waals surface area contributed by atoms with E-state index in [9.17, 15) is 14.7 Å². The number of nitrogens with zero attached hydrogens (tertiary/aromatic N) is 1. The van der Waals surface area contributed by atoms with Gasteiger partial charge in [-0.3, -0.25) is 5.32 Å². The number of benzene rings is 3. The molecule has 10 heteroatoms. The Balaban J connectivity index is 0.000000214. The standard InChI is InChI=1S/C15H13N3O2S.C10H12O4/c1-20-15(19)18-14-16-12-8-7-11(9-13(12)17-14)21-10-5-3-2-4-6-10;1-3-14-10(13)9-6(2)4-7(11)5-8(9)12/h2-9H,1H3,(H2,16,17,18,19);4-5,11-12H,3H2,1-2H3. The number of phenols is 2. The van der Waals surface area contributed by atoms with Crippen LogP contribution < -0.4 is 5.32 Å². The van der Waals surface area contributed by atoms with Crippen molar-refractivity contribution in [1.82, 2.24) is 9.97 Å². The average Bonchev–Trinajstić information content (AvgIpc) is 3.21. The van der Waals surface area contributed by atoms with Crippen LogP contribution in [0.4, 0.5) is 10.7 Å². The second-order valence-corrected chi connectivity index (χ2v) is 8.32.